The molecule has 0 atom stereocenters. The number of nitrogens with one attached hydrogen (secondary N) is 2. The number of aromatic nitrogens is 4. The minimum atomic E-state index is -4.63. The van der Waals surface area contributed by atoms with Gasteiger partial charge in [-0.15, -0.1) is 0 Å². The maximum absolute atomic E-state index is 13.1. The predicted octanol–water partition coefficient (Wildman–Crippen LogP) is 5.77. The van der Waals surface area contributed by atoms with Gasteiger partial charge in [0.1, 0.15) is 6.33 Å². The lowest BCUT2D eigenvalue weighted by molar-refractivity contribution is -0.137. The van der Waals surface area contributed by atoms with E-state index in [0.717, 1.165) is 28.8 Å². The second-order valence-electron chi connectivity index (χ2n) is 6.97. The minimum Gasteiger partial charge on any atom is -0.322 e. The molecule has 0 saturated carbocycles. The van der Waals surface area contributed by atoms with Crippen molar-refractivity contribution in [3.63, 3.8) is 0 Å². The molecule has 4 rings (SSSR count). The average molecular weight is 458 g/mol. The van der Waals surface area contributed by atoms with Crippen molar-refractivity contribution in [1.29, 1.82) is 0 Å². The number of aryl methyl sites for hydroxylation is 1. The number of amides is 1. The smallest absolute Gasteiger partial charge is 0.322 e. The number of aromatic amines is 1. The lowest BCUT2D eigenvalue weighted by Crippen LogP contribution is -2.13. The van der Waals surface area contributed by atoms with Crippen LogP contribution in [0.1, 0.15) is 21.5 Å². The maximum atomic E-state index is 13.1. The highest BCUT2D eigenvalue weighted by Gasteiger charge is 2.33. The lowest BCUT2D eigenvalue weighted by atomic mass is 10.0. The Balaban J connectivity index is 1.61. The van der Waals surface area contributed by atoms with Crippen LogP contribution in [0.25, 0.3) is 22.5 Å². The zero-order valence-corrected chi connectivity index (χ0v) is 17.3. The van der Waals surface area contributed by atoms with Crippen LogP contribution in [-0.2, 0) is 6.18 Å². The number of hydrogen-bond acceptors (Lipinski definition) is 4. The molecule has 2 heterocycles. The number of nitrogens with zero attached hydrogens (tertiary/aromatic N) is 3. The summed E-state index contributed by atoms with van der Waals surface area (Å²) in [6.07, 6.45) is 0.0502. The third-order valence-electron chi connectivity index (χ3n) is 4.75. The van der Waals surface area contributed by atoms with Gasteiger partial charge in [-0.25, -0.2) is 9.97 Å². The number of H-pyrrole nitrogens is 1. The van der Waals surface area contributed by atoms with Crippen molar-refractivity contribution >= 4 is 23.2 Å². The Morgan fingerprint density at radius 3 is 2.53 bits per heavy atom. The summed E-state index contributed by atoms with van der Waals surface area (Å²) in [6, 6.07) is 10.0. The zero-order valence-electron chi connectivity index (χ0n) is 16.5. The summed E-state index contributed by atoms with van der Waals surface area (Å²) in [4.78, 5) is 20.6. The molecule has 0 aliphatic rings. The van der Waals surface area contributed by atoms with Crippen LogP contribution >= 0.6 is 11.6 Å². The van der Waals surface area contributed by atoms with Crippen LogP contribution in [0, 0.1) is 6.92 Å². The molecule has 0 spiro atoms. The van der Waals surface area contributed by atoms with Crippen molar-refractivity contribution in [2.75, 3.05) is 5.32 Å². The normalized spacial score (nSPS) is 11.4. The number of halogens is 4. The number of benzene rings is 2. The number of rotatable bonds is 4. The van der Waals surface area contributed by atoms with Crippen LogP contribution in [0.4, 0.5) is 18.9 Å². The predicted molar refractivity (Wildman–Crippen MR) is 114 cm³/mol. The van der Waals surface area contributed by atoms with E-state index in [1.807, 2.05) is 6.92 Å². The standard InChI is InChI=1S/C22H15ClF3N5O/c1-12-2-3-13(21(32)29-15-4-5-18(23)17(7-15)22(24,25)26)6-16(12)20-8-19(30-31-20)14-9-27-11-28-10-14/h2-11H,1H3,(H,29,32)(H,30,31). The molecular formula is C22H15ClF3N5O. The maximum Gasteiger partial charge on any atom is 0.417 e. The second-order valence-corrected chi connectivity index (χ2v) is 7.38. The third-order valence-corrected chi connectivity index (χ3v) is 5.08. The summed E-state index contributed by atoms with van der Waals surface area (Å²) < 4.78 is 39.3. The SMILES string of the molecule is Cc1ccc(C(=O)Nc2ccc(Cl)c(C(F)(F)F)c2)cc1-c1cc(-c2cncnc2)n[nH]1. The van der Waals surface area contributed by atoms with Crippen molar-refractivity contribution in [1.82, 2.24) is 20.2 Å². The Labute approximate surface area is 185 Å². The first-order valence-electron chi connectivity index (χ1n) is 9.32. The highest BCUT2D eigenvalue weighted by molar-refractivity contribution is 6.31. The quantitative estimate of drug-likeness (QED) is 0.407. The van der Waals surface area contributed by atoms with E-state index in [1.165, 1.54) is 12.4 Å². The largest absolute Gasteiger partial charge is 0.417 e. The van der Waals surface area contributed by atoms with E-state index in [0.29, 0.717) is 11.4 Å². The summed E-state index contributed by atoms with van der Waals surface area (Å²) in [6.45, 7) is 1.87. The summed E-state index contributed by atoms with van der Waals surface area (Å²) in [5, 5.41) is 9.24. The van der Waals surface area contributed by atoms with Crippen molar-refractivity contribution in [3.8, 4) is 22.5 Å². The molecule has 10 heteroatoms. The first-order valence-corrected chi connectivity index (χ1v) is 9.70. The molecule has 162 valence electrons. The molecular weight excluding hydrogens is 443 g/mol. The van der Waals surface area contributed by atoms with Gasteiger partial charge >= 0.3 is 6.18 Å². The number of hydrogen-bond donors (Lipinski definition) is 2. The molecule has 0 aliphatic heterocycles. The minimum absolute atomic E-state index is 0.0123. The molecule has 2 aromatic carbocycles. The van der Waals surface area contributed by atoms with Gasteiger partial charge in [-0.3, -0.25) is 9.89 Å². The van der Waals surface area contributed by atoms with Crippen molar-refractivity contribution in [2.24, 2.45) is 0 Å². The van der Waals surface area contributed by atoms with Gasteiger partial charge in [-0.1, -0.05) is 17.7 Å². The third kappa shape index (κ3) is 4.47. The first kappa shape index (κ1) is 21.5. The van der Waals surface area contributed by atoms with Gasteiger partial charge in [0.2, 0.25) is 0 Å². The average Bonchev–Trinajstić information content (AvgIpc) is 3.25. The molecule has 4 aromatic rings. The van der Waals surface area contributed by atoms with E-state index in [4.69, 9.17) is 11.6 Å². The van der Waals surface area contributed by atoms with E-state index < -0.39 is 22.7 Å². The van der Waals surface area contributed by atoms with E-state index in [9.17, 15) is 18.0 Å². The Kier molecular flexibility index (Phi) is 5.67. The molecule has 0 bridgehead atoms. The van der Waals surface area contributed by atoms with E-state index >= 15 is 0 Å². The van der Waals surface area contributed by atoms with Crippen LogP contribution in [-0.4, -0.2) is 26.1 Å². The fourth-order valence-corrected chi connectivity index (χ4v) is 3.34. The summed E-state index contributed by atoms with van der Waals surface area (Å²) in [5.74, 6) is -0.558. The monoisotopic (exact) mass is 457 g/mol. The van der Waals surface area contributed by atoms with Gasteiger partial charge in [0.15, 0.2) is 0 Å². The highest BCUT2D eigenvalue weighted by Crippen LogP contribution is 2.36. The second kappa shape index (κ2) is 8.43. The summed E-state index contributed by atoms with van der Waals surface area (Å²) in [5.41, 5.74) is 2.88. The van der Waals surface area contributed by atoms with Gasteiger partial charge in [0, 0.05) is 34.8 Å². The number of carbonyl (C=O) groups excluding carboxylic acids is 1. The summed E-state index contributed by atoms with van der Waals surface area (Å²) >= 11 is 5.64. The Bertz CT molecular complexity index is 1290. The summed E-state index contributed by atoms with van der Waals surface area (Å²) in [7, 11) is 0. The van der Waals surface area contributed by atoms with Gasteiger partial charge < -0.3 is 5.32 Å². The van der Waals surface area contributed by atoms with Gasteiger partial charge in [-0.05, 0) is 48.9 Å². The molecule has 1 amide bonds. The Morgan fingerprint density at radius 2 is 1.81 bits per heavy atom. The van der Waals surface area contributed by atoms with Gasteiger partial charge in [0.25, 0.3) is 5.91 Å². The molecule has 0 fully saturated rings. The lowest BCUT2D eigenvalue weighted by Gasteiger charge is -2.12. The van der Waals surface area contributed by atoms with Gasteiger partial charge in [0.05, 0.1) is 22.0 Å². The first-order chi connectivity index (χ1) is 15.2. The van der Waals surface area contributed by atoms with Crippen LogP contribution < -0.4 is 5.32 Å². The van der Waals surface area contributed by atoms with E-state index in [-0.39, 0.29) is 11.3 Å². The van der Waals surface area contributed by atoms with Crippen LogP contribution in [0.2, 0.25) is 5.02 Å². The van der Waals surface area contributed by atoms with Crippen molar-refractivity contribution < 1.29 is 18.0 Å². The fraction of sp³-hybridized carbons (Fsp3) is 0.0909. The molecule has 0 aliphatic carbocycles. The Morgan fingerprint density at radius 1 is 1.06 bits per heavy atom. The number of anilines is 1. The molecule has 2 N–H and O–H groups in total. The van der Waals surface area contributed by atoms with Crippen molar-refractivity contribution in [2.45, 2.75) is 13.1 Å². The van der Waals surface area contributed by atoms with E-state index in [2.05, 4.69) is 25.5 Å². The molecule has 6 nitrogen and oxygen atoms in total. The van der Waals surface area contributed by atoms with Crippen LogP contribution in [0.15, 0.2) is 61.2 Å². The number of carbonyl (C=O) groups is 1. The van der Waals surface area contributed by atoms with Crippen LogP contribution in [0.5, 0.6) is 0 Å². The fourth-order valence-electron chi connectivity index (χ4n) is 3.12. The molecule has 0 radical (unpaired) electrons. The zero-order chi connectivity index (χ0) is 22.9. The molecule has 0 unspecified atom stereocenters. The Hall–Kier alpha value is -3.72. The number of alkyl halides is 3. The van der Waals surface area contributed by atoms with Gasteiger partial charge in [-0.2, -0.15) is 18.3 Å². The highest BCUT2D eigenvalue weighted by atomic mass is 35.5. The van der Waals surface area contributed by atoms with Crippen LogP contribution in [0.3, 0.4) is 0 Å². The molecule has 32 heavy (non-hydrogen) atoms. The topological polar surface area (TPSA) is 83.6 Å². The van der Waals surface area contributed by atoms with Crippen molar-refractivity contribution in [3.05, 3.63) is 82.9 Å². The molecule has 2 aromatic heterocycles. The van der Waals surface area contributed by atoms with E-state index in [1.54, 1.807) is 36.7 Å². The molecule has 0 saturated heterocycles.